The first-order valence-electron chi connectivity index (χ1n) is 5.71. The normalized spacial score (nSPS) is 16.4. The number of carbonyl (C=O) groups is 1. The molecule has 0 saturated carbocycles. The molecule has 1 aromatic heterocycles. The van der Waals surface area contributed by atoms with E-state index in [1.807, 2.05) is 0 Å². The minimum absolute atomic E-state index is 0.0635. The molecule has 0 unspecified atom stereocenters. The number of nitrogen functional groups attached to an aromatic ring is 1. The fraction of sp³-hybridized carbons (Fsp3) is 0.182. The first-order chi connectivity index (χ1) is 9.39. The van der Waals surface area contributed by atoms with Crippen LogP contribution in [-0.4, -0.2) is 33.6 Å². The van der Waals surface area contributed by atoms with Crippen LogP contribution in [0.2, 0.25) is 0 Å². The lowest BCUT2D eigenvalue weighted by molar-refractivity contribution is 0.0864. The molecule has 8 nitrogen and oxygen atoms in total. The van der Waals surface area contributed by atoms with E-state index in [0.29, 0.717) is 11.4 Å². The lowest BCUT2D eigenvalue weighted by atomic mass is 10.2. The van der Waals surface area contributed by atoms with Gasteiger partial charge < -0.3 is 5.73 Å². The molecule has 0 radical (unpaired) electrons. The third-order valence-corrected chi connectivity index (χ3v) is 4.76. The van der Waals surface area contributed by atoms with Gasteiger partial charge in [-0.25, -0.2) is 12.7 Å². The number of nitrogens with zero attached hydrogens (tertiary/aromatic N) is 4. The summed E-state index contributed by atoms with van der Waals surface area (Å²) >= 11 is 0. The first kappa shape index (κ1) is 12.6. The molecule has 104 valence electrons. The Bertz CT molecular complexity index is 811. The van der Waals surface area contributed by atoms with Gasteiger partial charge in [0.15, 0.2) is 0 Å². The van der Waals surface area contributed by atoms with Gasteiger partial charge in [0.2, 0.25) is 0 Å². The topological polar surface area (TPSA) is 111 Å². The molecule has 3 rings (SSSR count). The highest BCUT2D eigenvalue weighted by atomic mass is 32.2. The second kappa shape index (κ2) is 4.04. The van der Waals surface area contributed by atoms with E-state index in [1.165, 1.54) is 22.9 Å². The van der Waals surface area contributed by atoms with Crippen LogP contribution in [0.3, 0.4) is 0 Å². The number of hydrogen-bond acceptors (Lipinski definition) is 6. The number of carbonyl (C=O) groups excluding carboxylic acids is 1. The van der Waals surface area contributed by atoms with Crippen molar-refractivity contribution >= 4 is 21.6 Å². The number of nitrogens with two attached hydrogens (primary N) is 1. The van der Waals surface area contributed by atoms with Crippen LogP contribution in [0.5, 0.6) is 0 Å². The second-order valence-corrected chi connectivity index (χ2v) is 6.29. The molecule has 0 saturated heterocycles. The molecule has 1 aliphatic rings. The number of anilines is 1. The molecule has 9 heteroatoms. The van der Waals surface area contributed by atoms with Crippen LogP contribution >= 0.6 is 0 Å². The van der Waals surface area contributed by atoms with Crippen LogP contribution in [-0.2, 0) is 23.6 Å². The van der Waals surface area contributed by atoms with Gasteiger partial charge in [0.05, 0.1) is 12.1 Å². The minimum Gasteiger partial charge on any atom is -0.399 e. The van der Waals surface area contributed by atoms with Gasteiger partial charge in [0.1, 0.15) is 10.6 Å². The summed E-state index contributed by atoms with van der Waals surface area (Å²) in [6.07, 6.45) is 1.56. The van der Waals surface area contributed by atoms with Gasteiger partial charge in [0, 0.05) is 18.9 Å². The fourth-order valence-electron chi connectivity index (χ4n) is 2.06. The zero-order valence-electron chi connectivity index (χ0n) is 10.5. The molecule has 0 aliphatic carbocycles. The Hall–Kier alpha value is -2.42. The van der Waals surface area contributed by atoms with Crippen molar-refractivity contribution < 1.29 is 13.2 Å². The average Bonchev–Trinajstić information content (AvgIpc) is 2.86. The zero-order chi connectivity index (χ0) is 14.5. The van der Waals surface area contributed by atoms with Crippen molar-refractivity contribution in [2.75, 3.05) is 5.73 Å². The highest BCUT2D eigenvalue weighted by Crippen LogP contribution is 2.32. The summed E-state index contributed by atoms with van der Waals surface area (Å²) in [5, 5.41) is 7.50. The summed E-state index contributed by atoms with van der Waals surface area (Å²) in [6.45, 7) is -0.149. The van der Waals surface area contributed by atoms with E-state index in [-0.39, 0.29) is 17.0 Å². The molecule has 0 bridgehead atoms. The quantitative estimate of drug-likeness (QED) is 0.764. The second-order valence-electron chi connectivity index (χ2n) is 4.46. The highest BCUT2D eigenvalue weighted by Gasteiger charge is 2.41. The van der Waals surface area contributed by atoms with Gasteiger partial charge in [-0.2, -0.15) is 0 Å². The number of aromatic nitrogens is 3. The molecular weight excluding hydrogens is 282 g/mol. The predicted octanol–water partition coefficient (Wildman–Crippen LogP) is -0.258. The third kappa shape index (κ3) is 1.74. The van der Waals surface area contributed by atoms with Gasteiger partial charge in [-0.1, -0.05) is 5.21 Å². The number of amides is 1. The molecule has 1 aromatic carbocycles. The number of sulfonamides is 1. The van der Waals surface area contributed by atoms with Gasteiger partial charge in [-0.05, 0) is 18.2 Å². The SMILES string of the molecule is Cn1cc(CN2C(=O)c3ccc(N)cc3S2(=O)=O)nn1. The maximum absolute atomic E-state index is 12.4. The van der Waals surface area contributed by atoms with Gasteiger partial charge in [-0.3, -0.25) is 9.48 Å². The number of benzene rings is 1. The van der Waals surface area contributed by atoms with E-state index in [9.17, 15) is 13.2 Å². The van der Waals surface area contributed by atoms with Crippen molar-refractivity contribution in [3.05, 3.63) is 35.7 Å². The van der Waals surface area contributed by atoms with Gasteiger partial charge >= 0.3 is 0 Å². The maximum Gasteiger partial charge on any atom is 0.269 e. The number of fused-ring (bicyclic) bond motifs is 1. The van der Waals surface area contributed by atoms with Crippen molar-refractivity contribution in [2.45, 2.75) is 11.4 Å². The number of aryl methyl sites for hydroxylation is 1. The molecule has 20 heavy (non-hydrogen) atoms. The van der Waals surface area contributed by atoms with Crippen LogP contribution in [0.1, 0.15) is 16.1 Å². The van der Waals surface area contributed by atoms with Crippen LogP contribution in [0.4, 0.5) is 5.69 Å². The largest absolute Gasteiger partial charge is 0.399 e. The highest BCUT2D eigenvalue weighted by molar-refractivity contribution is 7.90. The molecule has 1 aliphatic heterocycles. The summed E-state index contributed by atoms with van der Waals surface area (Å²) in [4.78, 5) is 12.1. The van der Waals surface area contributed by atoms with E-state index in [2.05, 4.69) is 10.3 Å². The molecule has 2 heterocycles. The Morgan fingerprint density at radius 2 is 2.10 bits per heavy atom. The molecular formula is C11H11N5O3S. The summed E-state index contributed by atoms with van der Waals surface area (Å²) in [6, 6.07) is 4.21. The maximum atomic E-state index is 12.4. The first-order valence-corrected chi connectivity index (χ1v) is 7.15. The van der Waals surface area contributed by atoms with E-state index in [4.69, 9.17) is 5.73 Å². The van der Waals surface area contributed by atoms with E-state index in [0.717, 1.165) is 4.31 Å². The molecule has 0 atom stereocenters. The zero-order valence-corrected chi connectivity index (χ0v) is 11.3. The molecule has 0 spiro atoms. The van der Waals surface area contributed by atoms with E-state index >= 15 is 0 Å². The Morgan fingerprint density at radius 1 is 1.35 bits per heavy atom. The van der Waals surface area contributed by atoms with Crippen molar-refractivity contribution in [3.8, 4) is 0 Å². The average molecular weight is 293 g/mol. The monoisotopic (exact) mass is 293 g/mol. The third-order valence-electron chi connectivity index (χ3n) is 2.99. The summed E-state index contributed by atoms with van der Waals surface area (Å²) in [5.74, 6) is -0.578. The number of rotatable bonds is 2. The van der Waals surface area contributed by atoms with Crippen LogP contribution in [0.15, 0.2) is 29.3 Å². The molecule has 2 aromatic rings. The molecule has 1 amide bonds. The van der Waals surface area contributed by atoms with Crippen molar-refractivity contribution in [2.24, 2.45) is 7.05 Å². The van der Waals surface area contributed by atoms with Crippen molar-refractivity contribution in [1.82, 2.24) is 19.3 Å². The fourth-order valence-corrected chi connectivity index (χ4v) is 3.64. The van der Waals surface area contributed by atoms with E-state index in [1.54, 1.807) is 13.2 Å². The van der Waals surface area contributed by atoms with Gasteiger partial charge in [0.25, 0.3) is 15.9 Å². The smallest absolute Gasteiger partial charge is 0.269 e. The Labute approximate surface area is 114 Å². The van der Waals surface area contributed by atoms with Crippen LogP contribution in [0, 0.1) is 0 Å². The predicted molar refractivity (Wildman–Crippen MR) is 68.9 cm³/mol. The molecule has 0 fully saturated rings. The van der Waals surface area contributed by atoms with Crippen molar-refractivity contribution in [3.63, 3.8) is 0 Å². The van der Waals surface area contributed by atoms with Crippen molar-refractivity contribution in [1.29, 1.82) is 0 Å². The summed E-state index contributed by atoms with van der Waals surface area (Å²) in [5.41, 5.74) is 6.39. The summed E-state index contributed by atoms with van der Waals surface area (Å²) in [7, 11) is -2.22. The lowest BCUT2D eigenvalue weighted by Gasteiger charge is -2.12. The summed E-state index contributed by atoms with van der Waals surface area (Å²) < 4.78 is 26.9. The Morgan fingerprint density at radius 3 is 2.75 bits per heavy atom. The Kier molecular flexibility index (Phi) is 2.54. The van der Waals surface area contributed by atoms with Crippen LogP contribution in [0.25, 0.3) is 0 Å². The Balaban J connectivity index is 2.05. The lowest BCUT2D eigenvalue weighted by Crippen LogP contribution is -2.29. The standard InChI is InChI=1S/C11H11N5O3S/c1-15-5-8(13-14-15)6-16-11(17)9-3-2-7(12)4-10(9)20(16,18)19/h2-5H,6,12H2,1H3. The van der Waals surface area contributed by atoms with Crippen LogP contribution < -0.4 is 5.73 Å². The molecule has 2 N–H and O–H groups in total. The van der Waals surface area contributed by atoms with E-state index < -0.39 is 15.9 Å². The van der Waals surface area contributed by atoms with Gasteiger partial charge in [-0.15, -0.1) is 5.10 Å². The number of hydrogen-bond donors (Lipinski definition) is 1. The minimum atomic E-state index is -3.88.